The van der Waals surface area contributed by atoms with Crippen LogP contribution in [0.3, 0.4) is 0 Å². The average Bonchev–Trinajstić information content (AvgIpc) is 2.84. The van der Waals surface area contributed by atoms with Gasteiger partial charge in [-0.2, -0.15) is 0 Å². The van der Waals surface area contributed by atoms with Gasteiger partial charge in [0, 0.05) is 13.0 Å². The first-order valence-corrected chi connectivity index (χ1v) is 11.3. The van der Waals surface area contributed by atoms with E-state index in [0.717, 1.165) is 34.2 Å². The number of hydrogen-bond acceptors (Lipinski definition) is 6. The molecule has 0 radical (unpaired) electrons. The van der Waals surface area contributed by atoms with Crippen molar-refractivity contribution in [1.82, 2.24) is 0 Å². The van der Waals surface area contributed by atoms with Gasteiger partial charge in [-0.25, -0.2) is 4.79 Å². The van der Waals surface area contributed by atoms with Crippen molar-refractivity contribution >= 4 is 17.3 Å². The highest BCUT2D eigenvalue weighted by atomic mass is 16.6. The Morgan fingerprint density at radius 2 is 1.52 bits per heavy atom. The van der Waals surface area contributed by atoms with E-state index < -0.39 is 6.10 Å². The van der Waals surface area contributed by atoms with E-state index in [1.807, 2.05) is 67.6 Å². The van der Waals surface area contributed by atoms with Crippen LogP contribution < -0.4 is 14.4 Å². The van der Waals surface area contributed by atoms with Crippen LogP contribution in [0, 0.1) is 0 Å². The molecular weight excluding hydrogens is 418 g/mol. The number of esters is 1. The van der Waals surface area contributed by atoms with Gasteiger partial charge in [0.25, 0.3) is 0 Å². The Hall–Kier alpha value is -3.51. The van der Waals surface area contributed by atoms with Crippen LogP contribution in [0.1, 0.15) is 19.4 Å². The highest BCUT2D eigenvalue weighted by Gasteiger charge is 2.23. The maximum Gasteiger partial charge on any atom is 0.335 e. The molecule has 0 fully saturated rings. The fraction of sp³-hybridized carbons (Fsp3) is 0.296. The first-order valence-electron chi connectivity index (χ1n) is 11.3. The minimum absolute atomic E-state index is 0.328. The molecule has 0 aliphatic carbocycles. The van der Waals surface area contributed by atoms with Gasteiger partial charge in [0.15, 0.2) is 17.6 Å². The van der Waals surface area contributed by atoms with Gasteiger partial charge in [0.1, 0.15) is 12.4 Å². The lowest BCUT2D eigenvalue weighted by molar-refractivity contribution is -0.156. The average molecular weight is 448 g/mol. The van der Waals surface area contributed by atoms with Crippen molar-refractivity contribution < 1.29 is 23.7 Å². The number of para-hydroxylation sites is 4. The Morgan fingerprint density at radius 1 is 0.879 bits per heavy atom. The molecule has 1 aliphatic rings. The zero-order valence-electron chi connectivity index (χ0n) is 19.0. The van der Waals surface area contributed by atoms with Crippen molar-refractivity contribution in [3.63, 3.8) is 0 Å². The first-order chi connectivity index (χ1) is 16.2. The summed E-state index contributed by atoms with van der Waals surface area (Å²) >= 11 is 0. The zero-order chi connectivity index (χ0) is 23.0. The minimum atomic E-state index is -0.594. The lowest BCUT2D eigenvalue weighted by Gasteiger charge is -2.32. The Morgan fingerprint density at radius 3 is 2.12 bits per heavy atom. The summed E-state index contributed by atoms with van der Waals surface area (Å²) < 4.78 is 22.7. The van der Waals surface area contributed by atoms with Crippen molar-refractivity contribution in [3.05, 3.63) is 78.4 Å². The minimum Gasteiger partial charge on any atom is -0.492 e. The third-order valence-corrected chi connectivity index (χ3v) is 5.38. The van der Waals surface area contributed by atoms with Gasteiger partial charge in [-0.1, -0.05) is 36.4 Å². The third kappa shape index (κ3) is 5.46. The van der Waals surface area contributed by atoms with Gasteiger partial charge in [-0.15, -0.1) is 0 Å². The van der Waals surface area contributed by atoms with Gasteiger partial charge in [0.05, 0.1) is 24.5 Å². The molecule has 33 heavy (non-hydrogen) atoms. The predicted octanol–water partition coefficient (Wildman–Crippen LogP) is 5.52. The predicted molar refractivity (Wildman–Crippen MR) is 128 cm³/mol. The summed E-state index contributed by atoms with van der Waals surface area (Å²) in [5.41, 5.74) is 3.04. The van der Waals surface area contributed by atoms with Crippen LogP contribution in [0.4, 0.5) is 11.4 Å². The summed E-state index contributed by atoms with van der Waals surface area (Å²) in [4.78, 5) is 14.3. The van der Waals surface area contributed by atoms with Crippen LogP contribution in [0.15, 0.2) is 72.8 Å². The number of carbonyl (C=O) groups excluding carboxylic acids is 1. The smallest absolute Gasteiger partial charge is 0.335 e. The van der Waals surface area contributed by atoms with E-state index in [4.69, 9.17) is 18.9 Å². The molecule has 0 aromatic heterocycles. The van der Waals surface area contributed by atoms with E-state index in [1.165, 1.54) is 0 Å². The van der Waals surface area contributed by atoms with E-state index >= 15 is 0 Å². The van der Waals surface area contributed by atoms with Crippen molar-refractivity contribution in [2.24, 2.45) is 0 Å². The monoisotopic (exact) mass is 447 g/mol. The maximum absolute atomic E-state index is 12.1. The molecule has 0 N–H and O–H groups in total. The van der Waals surface area contributed by atoms with Crippen LogP contribution in [-0.4, -0.2) is 38.4 Å². The lowest BCUT2D eigenvalue weighted by atomic mass is 10.1. The Labute approximate surface area is 194 Å². The molecule has 6 heteroatoms. The fourth-order valence-electron chi connectivity index (χ4n) is 3.86. The highest BCUT2D eigenvalue weighted by Crippen LogP contribution is 2.45. The van der Waals surface area contributed by atoms with Gasteiger partial charge >= 0.3 is 5.97 Å². The molecule has 1 atom stereocenters. The normalized spacial score (nSPS) is 12.8. The van der Waals surface area contributed by atoms with Crippen LogP contribution >= 0.6 is 0 Å². The first kappa shape index (κ1) is 22.7. The molecule has 172 valence electrons. The number of benzene rings is 3. The summed E-state index contributed by atoms with van der Waals surface area (Å²) in [6, 6.07) is 23.8. The van der Waals surface area contributed by atoms with E-state index in [2.05, 4.69) is 17.0 Å². The number of fused-ring (bicyclic) bond motifs is 2. The van der Waals surface area contributed by atoms with E-state index in [-0.39, 0.29) is 5.97 Å². The Kier molecular flexibility index (Phi) is 7.47. The standard InChI is InChI=1S/C27H29NO5/c1-3-30-26(27(29)31-4-2)19-20-13-15-21(16-14-20)32-18-17-28-22-9-5-7-11-24(22)33-25-12-8-6-10-23(25)28/h5-16,26H,3-4,17-19H2,1-2H3/t26-/m0/s1. The number of rotatable bonds is 10. The van der Waals surface area contributed by atoms with Crippen molar-refractivity contribution in [2.45, 2.75) is 26.4 Å². The molecule has 4 rings (SSSR count). The lowest BCUT2D eigenvalue weighted by Crippen LogP contribution is -2.29. The molecule has 0 amide bonds. The molecule has 3 aromatic carbocycles. The quantitative estimate of drug-likeness (QED) is 0.382. The van der Waals surface area contributed by atoms with Crippen LogP contribution in [0.25, 0.3) is 0 Å². The van der Waals surface area contributed by atoms with E-state index in [0.29, 0.717) is 32.8 Å². The van der Waals surface area contributed by atoms with Crippen molar-refractivity contribution in [1.29, 1.82) is 0 Å². The van der Waals surface area contributed by atoms with Crippen molar-refractivity contribution in [2.75, 3.05) is 31.3 Å². The zero-order valence-corrected chi connectivity index (χ0v) is 19.0. The number of hydrogen-bond donors (Lipinski definition) is 0. The number of ether oxygens (including phenoxy) is 4. The van der Waals surface area contributed by atoms with Crippen LogP contribution in [0.5, 0.6) is 17.2 Å². The second kappa shape index (κ2) is 10.9. The largest absolute Gasteiger partial charge is 0.492 e. The van der Waals surface area contributed by atoms with Crippen LogP contribution in [-0.2, 0) is 20.7 Å². The molecular formula is C27H29NO5. The summed E-state index contributed by atoms with van der Waals surface area (Å²) in [5.74, 6) is 2.13. The molecule has 3 aromatic rings. The van der Waals surface area contributed by atoms with E-state index in [9.17, 15) is 4.79 Å². The van der Waals surface area contributed by atoms with Gasteiger partial charge in [-0.05, 0) is 55.8 Å². The van der Waals surface area contributed by atoms with Gasteiger partial charge in [0.2, 0.25) is 0 Å². The molecule has 1 aliphatic heterocycles. The third-order valence-electron chi connectivity index (χ3n) is 5.38. The fourth-order valence-corrected chi connectivity index (χ4v) is 3.86. The summed E-state index contributed by atoms with van der Waals surface area (Å²) in [6.07, 6.45) is -0.128. The van der Waals surface area contributed by atoms with Gasteiger partial charge < -0.3 is 23.8 Å². The van der Waals surface area contributed by atoms with E-state index in [1.54, 1.807) is 6.92 Å². The molecule has 0 saturated heterocycles. The molecule has 0 spiro atoms. The molecule has 0 bridgehead atoms. The van der Waals surface area contributed by atoms with Crippen molar-refractivity contribution in [3.8, 4) is 17.2 Å². The van der Waals surface area contributed by atoms with Gasteiger partial charge in [-0.3, -0.25) is 0 Å². The number of anilines is 2. The maximum atomic E-state index is 12.1. The highest BCUT2D eigenvalue weighted by molar-refractivity contribution is 5.77. The Bertz CT molecular complexity index is 1020. The summed E-state index contributed by atoms with van der Waals surface area (Å²) in [6.45, 7) is 5.64. The summed E-state index contributed by atoms with van der Waals surface area (Å²) in [7, 11) is 0. The molecule has 0 saturated carbocycles. The van der Waals surface area contributed by atoms with Crippen LogP contribution in [0.2, 0.25) is 0 Å². The summed E-state index contributed by atoms with van der Waals surface area (Å²) in [5, 5.41) is 0. The molecule has 1 heterocycles. The molecule has 6 nitrogen and oxygen atoms in total. The number of carbonyl (C=O) groups is 1. The SMILES string of the molecule is CCOC(=O)[C@H](Cc1ccc(OCCN2c3ccccc3Oc3ccccc32)cc1)OCC. The number of nitrogens with zero attached hydrogens (tertiary/aromatic N) is 1. The second-order valence-corrected chi connectivity index (χ2v) is 7.58. The topological polar surface area (TPSA) is 57.2 Å². The molecule has 0 unspecified atom stereocenters. The second-order valence-electron chi connectivity index (χ2n) is 7.58. The Balaban J connectivity index is 1.37.